The molecule has 3 heterocycles. The summed E-state index contributed by atoms with van der Waals surface area (Å²) in [7, 11) is 2.07. The number of hydrogen-bond donors (Lipinski definition) is 1. The molecule has 0 unspecified atom stereocenters. The van der Waals surface area contributed by atoms with Crippen LogP contribution in [0.25, 0.3) is 0 Å². The Morgan fingerprint density at radius 2 is 1.89 bits per heavy atom. The molecular formula is C22H23FN4S. The van der Waals surface area contributed by atoms with Crippen LogP contribution < -0.4 is 10.2 Å². The second-order valence-electron chi connectivity index (χ2n) is 7.32. The summed E-state index contributed by atoms with van der Waals surface area (Å²) in [5.74, 6) is -0.216. The highest BCUT2D eigenvalue weighted by molar-refractivity contribution is 7.80. The maximum Gasteiger partial charge on any atom is 0.174 e. The van der Waals surface area contributed by atoms with Gasteiger partial charge in [0.15, 0.2) is 5.11 Å². The number of aryl methyl sites for hydroxylation is 2. The van der Waals surface area contributed by atoms with Gasteiger partial charge in [-0.25, -0.2) is 4.39 Å². The number of nitrogens with one attached hydrogen (secondary N) is 1. The molecular weight excluding hydrogens is 371 g/mol. The molecule has 0 radical (unpaired) electrons. The fraction of sp³-hybridized carbons (Fsp3) is 0.273. The number of halogens is 1. The van der Waals surface area contributed by atoms with Crippen molar-refractivity contribution in [3.8, 4) is 0 Å². The molecule has 3 aromatic rings. The van der Waals surface area contributed by atoms with Gasteiger partial charge in [-0.1, -0.05) is 6.07 Å². The second-order valence-corrected chi connectivity index (χ2v) is 7.70. The van der Waals surface area contributed by atoms with Gasteiger partial charge in [-0.05, 0) is 80.5 Å². The van der Waals surface area contributed by atoms with E-state index in [9.17, 15) is 4.39 Å². The molecule has 0 aliphatic carbocycles. The van der Waals surface area contributed by atoms with Crippen molar-refractivity contribution in [1.82, 2.24) is 14.9 Å². The quantitative estimate of drug-likeness (QED) is 0.655. The Morgan fingerprint density at radius 3 is 2.50 bits per heavy atom. The third-order valence-electron chi connectivity index (χ3n) is 5.65. The fourth-order valence-electron chi connectivity index (χ4n) is 3.91. The van der Waals surface area contributed by atoms with E-state index in [4.69, 9.17) is 12.2 Å². The maximum atomic E-state index is 13.9. The maximum absolute atomic E-state index is 13.9. The highest BCUT2D eigenvalue weighted by atomic mass is 32.1. The van der Waals surface area contributed by atoms with Gasteiger partial charge in [0.05, 0.1) is 17.8 Å². The summed E-state index contributed by atoms with van der Waals surface area (Å²) in [6.45, 7) is 5.99. The van der Waals surface area contributed by atoms with Crippen molar-refractivity contribution in [2.24, 2.45) is 7.05 Å². The molecule has 1 aliphatic rings. The van der Waals surface area contributed by atoms with Crippen LogP contribution in [0.5, 0.6) is 0 Å². The van der Waals surface area contributed by atoms with E-state index in [-0.39, 0.29) is 17.9 Å². The van der Waals surface area contributed by atoms with E-state index < -0.39 is 0 Å². The SMILES string of the molecule is Cc1cc(N2C(=S)N[C@@H](c3ccccn3)[C@H]2c2cc(C)n(C)c2C)ccc1F. The van der Waals surface area contributed by atoms with E-state index in [0.29, 0.717) is 10.7 Å². The van der Waals surface area contributed by atoms with Crippen molar-refractivity contribution in [1.29, 1.82) is 0 Å². The van der Waals surface area contributed by atoms with E-state index in [0.717, 1.165) is 11.4 Å². The highest BCUT2D eigenvalue weighted by Crippen LogP contribution is 2.43. The topological polar surface area (TPSA) is 33.1 Å². The largest absolute Gasteiger partial charge is 0.352 e. The normalized spacial score (nSPS) is 19.2. The summed E-state index contributed by atoms with van der Waals surface area (Å²) >= 11 is 5.72. The molecule has 144 valence electrons. The molecule has 1 aliphatic heterocycles. The van der Waals surface area contributed by atoms with E-state index in [1.807, 2.05) is 24.3 Å². The third kappa shape index (κ3) is 2.98. The van der Waals surface area contributed by atoms with Crippen LogP contribution in [-0.4, -0.2) is 14.7 Å². The summed E-state index contributed by atoms with van der Waals surface area (Å²) in [6, 6.07) is 13.1. The molecule has 4 rings (SSSR count). The van der Waals surface area contributed by atoms with Crippen LogP contribution in [0.4, 0.5) is 10.1 Å². The summed E-state index contributed by atoms with van der Waals surface area (Å²) in [6.07, 6.45) is 1.80. The molecule has 1 fully saturated rings. The Hall–Kier alpha value is -2.73. The van der Waals surface area contributed by atoms with Crippen LogP contribution in [0.3, 0.4) is 0 Å². The number of thiocarbonyl (C=S) groups is 1. The van der Waals surface area contributed by atoms with Gasteiger partial charge in [-0.3, -0.25) is 4.98 Å². The number of hydrogen-bond acceptors (Lipinski definition) is 2. The number of aromatic nitrogens is 2. The molecule has 0 bridgehead atoms. The number of anilines is 1. The number of nitrogens with zero attached hydrogens (tertiary/aromatic N) is 3. The van der Waals surface area contributed by atoms with Gasteiger partial charge in [-0.2, -0.15) is 0 Å². The van der Waals surface area contributed by atoms with Crippen molar-refractivity contribution in [3.05, 3.63) is 82.7 Å². The van der Waals surface area contributed by atoms with Crippen molar-refractivity contribution >= 4 is 23.0 Å². The monoisotopic (exact) mass is 394 g/mol. The minimum absolute atomic E-state index is 0.0767. The van der Waals surface area contributed by atoms with Crippen LogP contribution in [0, 0.1) is 26.6 Å². The minimum Gasteiger partial charge on any atom is -0.352 e. The molecule has 0 amide bonds. The van der Waals surface area contributed by atoms with Crippen LogP contribution in [0.15, 0.2) is 48.7 Å². The van der Waals surface area contributed by atoms with E-state index >= 15 is 0 Å². The Morgan fingerprint density at radius 1 is 1.11 bits per heavy atom. The van der Waals surface area contributed by atoms with Crippen molar-refractivity contribution in [2.45, 2.75) is 32.9 Å². The number of pyridine rings is 1. The van der Waals surface area contributed by atoms with E-state index in [2.05, 4.69) is 46.7 Å². The summed E-state index contributed by atoms with van der Waals surface area (Å²) < 4.78 is 16.1. The van der Waals surface area contributed by atoms with Crippen LogP contribution in [-0.2, 0) is 7.05 Å². The lowest BCUT2D eigenvalue weighted by molar-refractivity contribution is 0.564. The highest BCUT2D eigenvalue weighted by Gasteiger charge is 2.42. The molecule has 4 nitrogen and oxygen atoms in total. The molecule has 6 heteroatoms. The Labute approximate surface area is 170 Å². The Balaban J connectivity index is 1.89. The third-order valence-corrected chi connectivity index (χ3v) is 5.97. The van der Waals surface area contributed by atoms with Gasteiger partial charge in [0.2, 0.25) is 0 Å². The molecule has 2 aromatic heterocycles. The predicted molar refractivity (Wildman–Crippen MR) is 114 cm³/mol. The lowest BCUT2D eigenvalue weighted by Gasteiger charge is -2.28. The van der Waals surface area contributed by atoms with Gasteiger partial charge in [0, 0.05) is 30.3 Å². The smallest absolute Gasteiger partial charge is 0.174 e. The summed E-state index contributed by atoms with van der Waals surface area (Å²) in [4.78, 5) is 6.66. The van der Waals surface area contributed by atoms with Crippen LogP contribution >= 0.6 is 12.2 Å². The van der Waals surface area contributed by atoms with Gasteiger partial charge >= 0.3 is 0 Å². The molecule has 2 atom stereocenters. The van der Waals surface area contributed by atoms with Gasteiger partial charge in [0.25, 0.3) is 0 Å². The van der Waals surface area contributed by atoms with Crippen LogP contribution in [0.1, 0.15) is 40.3 Å². The van der Waals surface area contributed by atoms with Crippen molar-refractivity contribution in [2.75, 3.05) is 4.90 Å². The fourth-order valence-corrected chi connectivity index (χ4v) is 4.26. The van der Waals surface area contributed by atoms with Gasteiger partial charge in [0.1, 0.15) is 5.82 Å². The average Bonchev–Trinajstić information content (AvgIpc) is 3.16. The molecule has 1 aromatic carbocycles. The zero-order chi connectivity index (χ0) is 20.0. The lowest BCUT2D eigenvalue weighted by atomic mass is 9.96. The zero-order valence-corrected chi connectivity index (χ0v) is 17.2. The first kappa shape index (κ1) is 18.6. The van der Waals surface area contributed by atoms with Crippen molar-refractivity contribution < 1.29 is 4.39 Å². The van der Waals surface area contributed by atoms with Gasteiger partial charge < -0.3 is 14.8 Å². The Bertz CT molecular complexity index is 1040. The molecule has 1 N–H and O–H groups in total. The summed E-state index contributed by atoms with van der Waals surface area (Å²) in [5, 5.41) is 4.07. The predicted octanol–water partition coefficient (Wildman–Crippen LogP) is 4.66. The lowest BCUT2D eigenvalue weighted by Crippen LogP contribution is -2.29. The van der Waals surface area contributed by atoms with E-state index in [1.54, 1.807) is 19.2 Å². The van der Waals surface area contributed by atoms with Gasteiger partial charge in [-0.15, -0.1) is 0 Å². The number of rotatable bonds is 3. The number of benzene rings is 1. The summed E-state index contributed by atoms with van der Waals surface area (Å²) in [5.41, 5.74) is 5.95. The molecule has 1 saturated heterocycles. The van der Waals surface area contributed by atoms with Crippen LogP contribution in [0.2, 0.25) is 0 Å². The minimum atomic E-state index is -0.216. The zero-order valence-electron chi connectivity index (χ0n) is 16.4. The first-order chi connectivity index (χ1) is 13.4. The Kier molecular flexibility index (Phi) is 4.67. The first-order valence-corrected chi connectivity index (χ1v) is 9.69. The molecule has 0 spiro atoms. The molecule has 0 saturated carbocycles. The second kappa shape index (κ2) is 7.02. The van der Waals surface area contributed by atoms with E-state index in [1.165, 1.54) is 23.0 Å². The average molecular weight is 395 g/mol. The standard InChI is InChI=1S/C22H23FN4S/c1-13-11-16(8-9-18(13)23)27-21(17-12-14(2)26(4)15(17)3)20(25-22(27)28)19-7-5-6-10-24-19/h5-12,20-21H,1-4H3,(H,25,28)/t20-,21+/m0/s1. The first-order valence-electron chi connectivity index (χ1n) is 9.28. The van der Waals surface area contributed by atoms with Crippen molar-refractivity contribution in [3.63, 3.8) is 0 Å². The molecule has 28 heavy (non-hydrogen) atoms.